The second kappa shape index (κ2) is 28.3. The minimum Gasteiger partial charge on any atom is -0.508 e. The van der Waals surface area contributed by atoms with Crippen molar-refractivity contribution >= 4 is 90.5 Å². The van der Waals surface area contributed by atoms with Crippen molar-refractivity contribution in [2.75, 3.05) is 18.1 Å². The second-order valence-corrected chi connectivity index (χ2v) is 22.0. The lowest BCUT2D eigenvalue weighted by molar-refractivity contribution is -0.136. The van der Waals surface area contributed by atoms with Crippen LogP contribution in [0.2, 0.25) is 0 Å². The molecule has 6 rings (SSSR count). The molecule has 1 saturated heterocycles. The third-order valence-corrected chi connectivity index (χ3v) is 15.5. The standard InChI is InChI=1S/C54H69N11O10S2/c1-29(2)45-54(75)63-44(53(74)65-46(30(3)66)47(57)68)28-77-76-27-43(62-48(69)38(56)23-32-15-18-33-10-4-5-11-34(33)22-32)52(73)60-41(24-31-16-19-36(67)20-17-31)50(71)61-42(25-35-26-58-39-13-7-6-12-37(35)39)51(72)59-40(49(70)64-45)14-8-9-21-55/h4-7,10-13,15-20,22,26,29-30,38,40-46,58,66-67H,8-9,14,21,23-25,27-28,55-56H2,1-3H3,(H2,57,68)(H,59,72)(H,60,73)(H,61,71)(H,62,69)(H,63,75)(H,64,70)(H,65,74)/t30-,38-,40?,41?,42-,43+,44+,45?,46+/m1/s1. The van der Waals surface area contributed by atoms with E-state index in [-0.39, 0.29) is 49.5 Å². The lowest BCUT2D eigenvalue weighted by Gasteiger charge is -2.29. The van der Waals surface area contributed by atoms with Gasteiger partial charge in [-0.2, -0.15) is 0 Å². The predicted molar refractivity (Wildman–Crippen MR) is 296 cm³/mol. The maximum atomic E-state index is 14.9. The van der Waals surface area contributed by atoms with Gasteiger partial charge in [0.1, 0.15) is 48.0 Å². The summed E-state index contributed by atoms with van der Waals surface area (Å²) in [6.45, 7) is 4.85. The zero-order valence-corrected chi connectivity index (χ0v) is 44.7. The number of H-pyrrole nitrogens is 1. The van der Waals surface area contributed by atoms with Crippen LogP contribution in [-0.4, -0.2) is 135 Å². The molecule has 9 atom stereocenters. The van der Waals surface area contributed by atoms with Gasteiger partial charge >= 0.3 is 0 Å². The van der Waals surface area contributed by atoms with E-state index in [1.165, 1.54) is 19.1 Å². The van der Waals surface area contributed by atoms with Crippen LogP contribution < -0.4 is 54.4 Å². The van der Waals surface area contributed by atoms with Crippen molar-refractivity contribution in [1.82, 2.24) is 42.2 Å². The highest BCUT2D eigenvalue weighted by molar-refractivity contribution is 8.76. The normalized spacial score (nSPS) is 21.6. The number of aliphatic hydroxyl groups is 1. The number of nitrogens with two attached hydrogens (primary N) is 3. The fourth-order valence-electron chi connectivity index (χ4n) is 8.71. The summed E-state index contributed by atoms with van der Waals surface area (Å²) in [5.74, 6) is -7.66. The first-order chi connectivity index (χ1) is 36.8. The van der Waals surface area contributed by atoms with E-state index in [1.54, 1.807) is 32.2 Å². The first-order valence-corrected chi connectivity index (χ1v) is 27.9. The number of carbonyl (C=O) groups is 8. The number of amides is 8. The predicted octanol–water partition coefficient (Wildman–Crippen LogP) is 0.822. The Bertz CT molecular complexity index is 2890. The number of fused-ring (bicyclic) bond motifs is 2. The van der Waals surface area contributed by atoms with Crippen LogP contribution in [0.15, 0.2) is 97.2 Å². The van der Waals surface area contributed by atoms with Crippen LogP contribution in [0.4, 0.5) is 0 Å². The van der Waals surface area contributed by atoms with Gasteiger partial charge in [0.05, 0.1) is 12.1 Å². The fraction of sp³-hybridized carbons (Fsp3) is 0.407. The number of unbranched alkanes of at least 4 members (excludes halogenated alkanes) is 1. The molecule has 0 aliphatic carbocycles. The van der Waals surface area contributed by atoms with Gasteiger partial charge in [0, 0.05) is 41.4 Å². The number of aromatic nitrogens is 1. The summed E-state index contributed by atoms with van der Waals surface area (Å²) in [5.41, 5.74) is 20.5. The van der Waals surface area contributed by atoms with Crippen LogP contribution in [0.3, 0.4) is 0 Å². The average Bonchev–Trinajstić information content (AvgIpc) is 3.81. The first-order valence-electron chi connectivity index (χ1n) is 25.4. The maximum Gasteiger partial charge on any atom is 0.244 e. The topological polar surface area (TPSA) is 355 Å². The van der Waals surface area contributed by atoms with E-state index < -0.39 is 108 Å². The number of aromatic amines is 1. The Hall–Kier alpha value is -7.18. The van der Waals surface area contributed by atoms with Crippen LogP contribution in [0.25, 0.3) is 21.7 Å². The van der Waals surface area contributed by atoms with E-state index in [9.17, 15) is 48.6 Å². The van der Waals surface area contributed by atoms with Crippen molar-refractivity contribution in [2.24, 2.45) is 23.1 Å². The van der Waals surface area contributed by atoms with Gasteiger partial charge in [0.2, 0.25) is 47.3 Å². The van der Waals surface area contributed by atoms with E-state index >= 15 is 0 Å². The highest BCUT2D eigenvalue weighted by atomic mass is 33.1. The van der Waals surface area contributed by atoms with Crippen LogP contribution >= 0.6 is 21.6 Å². The Balaban J connectivity index is 1.39. The van der Waals surface area contributed by atoms with Gasteiger partial charge in [-0.05, 0) is 90.7 Å². The average molecular weight is 1100 g/mol. The molecule has 23 heteroatoms. The lowest BCUT2D eigenvalue weighted by atomic mass is 10.00. The number of phenolic OH excluding ortho intramolecular Hbond substituents is 1. The number of aromatic hydroxyl groups is 1. The van der Waals surface area contributed by atoms with Gasteiger partial charge in [-0.25, -0.2) is 0 Å². The zero-order valence-electron chi connectivity index (χ0n) is 43.1. The summed E-state index contributed by atoms with van der Waals surface area (Å²) in [6, 6.07) is 15.8. The van der Waals surface area contributed by atoms with Crippen molar-refractivity contribution in [2.45, 2.75) is 114 Å². The molecule has 1 aliphatic heterocycles. The van der Waals surface area contributed by atoms with Crippen molar-refractivity contribution in [3.8, 4) is 5.75 Å². The summed E-state index contributed by atoms with van der Waals surface area (Å²) in [7, 11) is 2.03. The largest absolute Gasteiger partial charge is 0.508 e. The molecule has 3 unspecified atom stereocenters. The van der Waals surface area contributed by atoms with E-state index in [0.29, 0.717) is 24.0 Å². The fourth-order valence-corrected chi connectivity index (χ4v) is 11.0. The smallest absolute Gasteiger partial charge is 0.244 e. The van der Waals surface area contributed by atoms with Gasteiger partial charge < -0.3 is 69.6 Å². The van der Waals surface area contributed by atoms with Crippen molar-refractivity contribution in [1.29, 1.82) is 0 Å². The number of para-hydroxylation sites is 1. The van der Waals surface area contributed by atoms with E-state index in [4.69, 9.17) is 17.2 Å². The number of nitrogens with one attached hydrogen (secondary N) is 8. The summed E-state index contributed by atoms with van der Waals surface area (Å²) in [6.07, 6.45) is 1.05. The number of rotatable bonds is 17. The number of carbonyl (C=O) groups excluding carboxylic acids is 8. The highest BCUT2D eigenvalue weighted by Crippen LogP contribution is 2.25. The number of aliphatic hydroxyl groups excluding tert-OH is 1. The summed E-state index contributed by atoms with van der Waals surface area (Å²) >= 11 is 0. The van der Waals surface area contributed by atoms with Crippen LogP contribution in [0.5, 0.6) is 5.75 Å². The van der Waals surface area contributed by atoms with E-state index in [2.05, 4.69) is 42.2 Å². The lowest BCUT2D eigenvalue weighted by Crippen LogP contribution is -2.62. The SMILES string of the molecule is CC(C)C1NC(=O)C(CCCCN)NC(=O)[C@@H](Cc2c[nH]c3ccccc23)NC(=O)C(Cc2ccc(O)cc2)NC(=O)[C@@H](NC(=O)[C@H](N)Cc2ccc3ccccc3c2)CSSC[C@@H](C(=O)N[C@H](C(N)=O)[C@@H](C)O)NC1=O. The van der Waals surface area contributed by atoms with Crippen LogP contribution in [0.1, 0.15) is 56.7 Å². The number of phenols is 1. The highest BCUT2D eigenvalue weighted by Gasteiger charge is 2.36. The molecule has 0 radical (unpaired) electrons. The summed E-state index contributed by atoms with van der Waals surface area (Å²) in [5, 5.41) is 42.1. The molecule has 77 heavy (non-hydrogen) atoms. The minimum atomic E-state index is -1.55. The molecule has 1 aromatic heterocycles. The molecule has 0 spiro atoms. The van der Waals surface area contributed by atoms with Gasteiger partial charge in [0.25, 0.3) is 0 Å². The van der Waals surface area contributed by atoms with Crippen LogP contribution in [0, 0.1) is 5.92 Å². The second-order valence-electron chi connectivity index (χ2n) is 19.4. The molecular formula is C54H69N11O10S2. The van der Waals surface area contributed by atoms with Gasteiger partial charge in [0.15, 0.2) is 0 Å². The van der Waals surface area contributed by atoms with Crippen molar-refractivity contribution in [3.63, 3.8) is 0 Å². The van der Waals surface area contributed by atoms with E-state index in [0.717, 1.165) is 48.8 Å². The Morgan fingerprint density at radius 2 is 1.34 bits per heavy atom. The molecule has 4 aromatic carbocycles. The molecule has 412 valence electrons. The molecule has 0 bridgehead atoms. The maximum absolute atomic E-state index is 14.9. The van der Waals surface area contributed by atoms with Crippen molar-refractivity contribution < 1.29 is 48.6 Å². The molecule has 21 nitrogen and oxygen atoms in total. The summed E-state index contributed by atoms with van der Waals surface area (Å²) < 4.78 is 0. The Morgan fingerprint density at radius 3 is 2.03 bits per heavy atom. The van der Waals surface area contributed by atoms with Gasteiger partial charge in [-0.15, -0.1) is 0 Å². The van der Waals surface area contributed by atoms with Crippen LogP contribution in [-0.2, 0) is 57.6 Å². The number of hydrogen-bond donors (Lipinski definition) is 13. The molecule has 1 aliphatic rings. The van der Waals surface area contributed by atoms with Crippen molar-refractivity contribution in [3.05, 3.63) is 114 Å². The van der Waals surface area contributed by atoms with E-state index in [1.807, 2.05) is 66.7 Å². The number of primary amides is 1. The molecule has 2 heterocycles. The number of benzene rings is 4. The summed E-state index contributed by atoms with van der Waals surface area (Å²) in [4.78, 5) is 116. The van der Waals surface area contributed by atoms with Gasteiger partial charge in [-0.3, -0.25) is 38.4 Å². The molecule has 16 N–H and O–H groups in total. The zero-order chi connectivity index (χ0) is 55.8. The Labute approximate surface area is 453 Å². The molecular weight excluding hydrogens is 1030 g/mol. The van der Waals surface area contributed by atoms with Gasteiger partial charge in [-0.1, -0.05) is 108 Å². The first kappa shape index (κ1) is 59.1. The quantitative estimate of drug-likeness (QED) is 0.0453. The molecule has 1 fully saturated rings. The number of hydrogen-bond acceptors (Lipinski definition) is 14. The minimum absolute atomic E-state index is 0.0501. The monoisotopic (exact) mass is 1100 g/mol. The molecule has 8 amide bonds. The third-order valence-electron chi connectivity index (χ3n) is 13.1. The molecule has 0 saturated carbocycles. The third kappa shape index (κ3) is 16.9. The Kier molecular flexibility index (Phi) is 21.7. The molecule has 5 aromatic rings. The Morgan fingerprint density at radius 1 is 0.714 bits per heavy atom.